The van der Waals surface area contributed by atoms with Crippen LogP contribution in [0.25, 0.3) is 16.0 Å². The van der Waals surface area contributed by atoms with Gasteiger partial charge in [-0.25, -0.2) is 0 Å². The van der Waals surface area contributed by atoms with Gasteiger partial charge in [0.25, 0.3) is 0 Å². The van der Waals surface area contributed by atoms with Crippen LogP contribution in [0.1, 0.15) is 25.3 Å². The molecule has 0 unspecified atom stereocenters. The fraction of sp³-hybridized carbons (Fsp3) is 0.400. The van der Waals surface area contributed by atoms with Crippen molar-refractivity contribution in [2.75, 3.05) is 0 Å². The van der Waals surface area contributed by atoms with Crippen molar-refractivity contribution in [3.8, 4) is 0 Å². The van der Waals surface area contributed by atoms with Crippen LogP contribution in [0, 0.1) is 0 Å². The van der Waals surface area contributed by atoms with Crippen molar-refractivity contribution < 1.29 is 0 Å². The summed E-state index contributed by atoms with van der Waals surface area (Å²) in [7, 11) is 0. The molecule has 1 aromatic carbocycles. The van der Waals surface area contributed by atoms with Crippen molar-refractivity contribution in [3.63, 3.8) is 0 Å². The van der Waals surface area contributed by atoms with Gasteiger partial charge in [-0.1, -0.05) is 43.7 Å². The molecule has 0 radical (unpaired) electrons. The molecule has 0 spiro atoms. The number of hydrogen-bond acceptors (Lipinski definition) is 0. The van der Waals surface area contributed by atoms with Crippen LogP contribution in [-0.4, -0.2) is 0 Å². The average molecular weight is 176 g/mol. The summed E-state index contributed by atoms with van der Waals surface area (Å²) < 4.78 is 0. The lowest BCUT2D eigenvalue weighted by Gasteiger charge is -1.96. The second-order valence-corrected chi connectivity index (χ2v) is 2.68. The fourth-order valence-electron chi connectivity index (χ4n) is 1.03. The van der Waals surface area contributed by atoms with Crippen molar-refractivity contribution in [1.82, 2.24) is 0 Å². The Morgan fingerprint density at radius 1 is 1.15 bits per heavy atom. The average Bonchev–Trinajstić information content (AvgIpc) is 2.18. The summed E-state index contributed by atoms with van der Waals surface area (Å²) in [4.78, 5) is 1.50. The summed E-state index contributed by atoms with van der Waals surface area (Å²) in [5, 5.41) is 0. The molecular formula is C10H14N3-. The summed E-state index contributed by atoms with van der Waals surface area (Å²) in [6.45, 7) is 2.23. The van der Waals surface area contributed by atoms with Crippen LogP contribution in [-0.2, 0) is 6.42 Å². The highest BCUT2D eigenvalue weighted by Crippen LogP contribution is 2.03. The second kappa shape index (κ2) is 8.62. The van der Waals surface area contributed by atoms with Gasteiger partial charge in [0.05, 0.1) is 0 Å². The maximum atomic E-state index is 6.75. The number of rotatable bonds is 3. The molecule has 3 nitrogen and oxygen atoms in total. The molecule has 0 aromatic heterocycles. The molecule has 3 heteroatoms. The number of unbranched alkanes of at least 4 members (excludes halogenated alkanes) is 1. The molecule has 0 saturated carbocycles. The smallest absolute Gasteiger partial charge is 0.0279 e. The molecule has 0 amide bonds. The predicted octanol–water partition coefficient (Wildman–Crippen LogP) is 3.90. The summed E-state index contributed by atoms with van der Waals surface area (Å²) in [5.74, 6) is 0. The lowest BCUT2D eigenvalue weighted by Crippen LogP contribution is -1.81. The molecule has 0 aliphatic heterocycles. The number of aryl methyl sites for hydroxylation is 1. The number of hydrogen-bond donors (Lipinski definition) is 0. The second-order valence-electron chi connectivity index (χ2n) is 2.68. The summed E-state index contributed by atoms with van der Waals surface area (Å²) in [5.41, 5.74) is 15.0. The molecule has 1 aromatic rings. The molecule has 0 N–H and O–H groups in total. The van der Waals surface area contributed by atoms with E-state index in [0.717, 1.165) is 0 Å². The van der Waals surface area contributed by atoms with E-state index in [1.807, 2.05) is 0 Å². The molecule has 0 bridgehead atoms. The van der Waals surface area contributed by atoms with Crippen molar-refractivity contribution in [3.05, 3.63) is 51.9 Å². The van der Waals surface area contributed by atoms with Crippen molar-refractivity contribution in [2.45, 2.75) is 26.2 Å². The normalized spacial score (nSPS) is 8.08. The first-order valence-corrected chi connectivity index (χ1v) is 4.37. The maximum absolute atomic E-state index is 6.75. The first kappa shape index (κ1) is 11.5. The van der Waals surface area contributed by atoms with E-state index in [9.17, 15) is 0 Å². The Bertz CT molecular complexity index is 238. The van der Waals surface area contributed by atoms with Gasteiger partial charge >= 0.3 is 0 Å². The van der Waals surface area contributed by atoms with Gasteiger partial charge in [0.2, 0.25) is 0 Å². The Hall–Kier alpha value is -1.47. The Balaban J connectivity index is 0.000000424. The highest BCUT2D eigenvalue weighted by Gasteiger charge is 1.87. The maximum Gasteiger partial charge on any atom is -0.0279 e. The third-order valence-corrected chi connectivity index (χ3v) is 1.66. The van der Waals surface area contributed by atoms with Crippen LogP contribution in [0.4, 0.5) is 0 Å². The van der Waals surface area contributed by atoms with Gasteiger partial charge < -0.3 is 11.1 Å². The number of nitrogens with zero attached hydrogens (tertiary/aromatic N) is 3. The first-order valence-electron chi connectivity index (χ1n) is 4.37. The standard InChI is InChI=1S/C10H14.N3/c1-2-3-7-10-8-5-4-6-9-10;1-3-2/h4-6,8-9H,2-3,7H2,1H3;/q;-1. The topological polar surface area (TPSA) is 58.7 Å². The van der Waals surface area contributed by atoms with E-state index in [1.165, 1.54) is 29.7 Å². The summed E-state index contributed by atoms with van der Waals surface area (Å²) >= 11 is 0. The van der Waals surface area contributed by atoms with Crippen molar-refractivity contribution in [1.29, 1.82) is 0 Å². The lowest BCUT2D eigenvalue weighted by molar-refractivity contribution is 0.795. The number of benzene rings is 1. The van der Waals surface area contributed by atoms with Crippen LogP contribution in [0.15, 0.2) is 30.3 Å². The molecule has 13 heavy (non-hydrogen) atoms. The zero-order chi connectivity index (χ0) is 9.94. The molecule has 0 fully saturated rings. The van der Waals surface area contributed by atoms with Gasteiger partial charge in [-0.05, 0) is 18.4 Å². The van der Waals surface area contributed by atoms with E-state index < -0.39 is 0 Å². The molecule has 0 heterocycles. The quantitative estimate of drug-likeness (QED) is 0.381. The van der Waals surface area contributed by atoms with Gasteiger partial charge in [0.1, 0.15) is 0 Å². The van der Waals surface area contributed by atoms with E-state index in [2.05, 4.69) is 37.3 Å². The minimum absolute atomic E-state index is 1.23. The monoisotopic (exact) mass is 176 g/mol. The zero-order valence-electron chi connectivity index (χ0n) is 7.85. The third kappa shape index (κ3) is 6.91. The molecule has 1 rings (SSSR count). The van der Waals surface area contributed by atoms with Crippen LogP contribution in [0.3, 0.4) is 0 Å². The van der Waals surface area contributed by atoms with Gasteiger partial charge in [-0.15, -0.1) is 0 Å². The Labute approximate surface area is 78.8 Å². The molecule has 70 valence electrons. The molecular weight excluding hydrogens is 162 g/mol. The predicted molar refractivity (Wildman–Crippen MR) is 55.1 cm³/mol. The largest absolute Gasteiger partial charge is 0.373 e. The minimum Gasteiger partial charge on any atom is -0.373 e. The highest BCUT2D eigenvalue weighted by molar-refractivity contribution is 5.14. The Morgan fingerprint density at radius 3 is 2.15 bits per heavy atom. The van der Waals surface area contributed by atoms with Gasteiger partial charge in [-0.2, -0.15) is 0 Å². The molecule has 0 atom stereocenters. The van der Waals surface area contributed by atoms with E-state index in [1.54, 1.807) is 0 Å². The SMILES string of the molecule is CCCCc1ccccc1.[N-]=[N+]=[N-]. The third-order valence-electron chi connectivity index (χ3n) is 1.66. The van der Waals surface area contributed by atoms with E-state index in [-0.39, 0.29) is 0 Å². The highest BCUT2D eigenvalue weighted by atomic mass is 15.0. The summed E-state index contributed by atoms with van der Waals surface area (Å²) in [6.07, 6.45) is 3.83. The van der Waals surface area contributed by atoms with Gasteiger partial charge in [-0.3, -0.25) is 4.91 Å². The van der Waals surface area contributed by atoms with E-state index in [4.69, 9.17) is 11.1 Å². The van der Waals surface area contributed by atoms with Crippen LogP contribution in [0.5, 0.6) is 0 Å². The summed E-state index contributed by atoms with van der Waals surface area (Å²) in [6, 6.07) is 10.6. The Morgan fingerprint density at radius 2 is 1.69 bits per heavy atom. The van der Waals surface area contributed by atoms with Crippen LogP contribution < -0.4 is 0 Å². The van der Waals surface area contributed by atoms with E-state index >= 15 is 0 Å². The van der Waals surface area contributed by atoms with Crippen molar-refractivity contribution in [2.24, 2.45) is 0 Å². The molecule has 0 saturated heterocycles. The molecule has 0 aliphatic rings. The van der Waals surface area contributed by atoms with Crippen LogP contribution >= 0.6 is 0 Å². The van der Waals surface area contributed by atoms with E-state index in [0.29, 0.717) is 0 Å². The zero-order valence-corrected chi connectivity index (χ0v) is 7.85. The van der Waals surface area contributed by atoms with Gasteiger partial charge in [0.15, 0.2) is 0 Å². The Kier molecular flexibility index (Phi) is 7.65. The fourth-order valence-corrected chi connectivity index (χ4v) is 1.03. The van der Waals surface area contributed by atoms with Crippen LogP contribution in [0.2, 0.25) is 0 Å². The minimum atomic E-state index is 1.23. The first-order chi connectivity index (χ1) is 6.35. The lowest BCUT2D eigenvalue weighted by atomic mass is 10.1. The molecule has 0 aliphatic carbocycles. The van der Waals surface area contributed by atoms with Gasteiger partial charge in [0, 0.05) is 0 Å². The van der Waals surface area contributed by atoms with Crippen molar-refractivity contribution >= 4 is 0 Å².